The minimum atomic E-state index is -0.00944. The highest BCUT2D eigenvalue weighted by molar-refractivity contribution is 7.10. The lowest BCUT2D eigenvalue weighted by atomic mass is 10.1. The van der Waals surface area contributed by atoms with Crippen LogP contribution < -0.4 is 9.64 Å². The number of piperazine rings is 1. The van der Waals surface area contributed by atoms with E-state index in [4.69, 9.17) is 4.74 Å². The molecule has 0 spiro atoms. The van der Waals surface area contributed by atoms with Gasteiger partial charge in [0, 0.05) is 26.2 Å². The molecule has 1 saturated heterocycles. The second-order valence-electron chi connectivity index (χ2n) is 6.54. The molecule has 1 aromatic heterocycles. The van der Waals surface area contributed by atoms with Gasteiger partial charge in [-0.15, -0.1) is 0 Å². The Kier molecular flexibility index (Phi) is 5.43. The van der Waals surface area contributed by atoms with E-state index < -0.39 is 0 Å². The summed E-state index contributed by atoms with van der Waals surface area (Å²) in [4.78, 5) is 16.4. The molecule has 0 N–H and O–H groups in total. The van der Waals surface area contributed by atoms with Gasteiger partial charge in [-0.3, -0.25) is 4.79 Å². The number of benzene rings is 1. The SMILES string of the molecule is Cc1cc(C)cc(OCC(=O)N2CCN(c3snc(C)c3C#N)CC2)c1. The van der Waals surface area contributed by atoms with Gasteiger partial charge >= 0.3 is 0 Å². The van der Waals surface area contributed by atoms with Gasteiger partial charge in [0.15, 0.2) is 6.61 Å². The van der Waals surface area contributed by atoms with Crippen LogP contribution in [0.2, 0.25) is 0 Å². The standard InChI is InChI=1S/C19H22N4O2S/c1-13-8-14(2)10-16(9-13)25-12-18(24)22-4-6-23(7-5-22)19-17(11-20)15(3)21-26-19/h8-10H,4-7,12H2,1-3H3. The fourth-order valence-corrected chi connectivity index (χ4v) is 4.01. The van der Waals surface area contributed by atoms with Gasteiger partial charge in [0.2, 0.25) is 0 Å². The molecule has 136 valence electrons. The zero-order chi connectivity index (χ0) is 18.7. The third-order valence-electron chi connectivity index (χ3n) is 4.43. The number of anilines is 1. The molecule has 1 aromatic carbocycles. The molecular weight excluding hydrogens is 348 g/mol. The Balaban J connectivity index is 1.54. The van der Waals surface area contributed by atoms with Crippen LogP contribution in [0, 0.1) is 32.1 Å². The van der Waals surface area contributed by atoms with Gasteiger partial charge in [-0.2, -0.15) is 9.64 Å². The average Bonchev–Trinajstić information content (AvgIpc) is 2.99. The lowest BCUT2D eigenvalue weighted by Crippen LogP contribution is -2.50. The summed E-state index contributed by atoms with van der Waals surface area (Å²) in [6.07, 6.45) is 0. The minimum Gasteiger partial charge on any atom is -0.484 e. The normalized spacial score (nSPS) is 14.2. The van der Waals surface area contributed by atoms with Crippen LogP contribution in [0.5, 0.6) is 5.75 Å². The summed E-state index contributed by atoms with van der Waals surface area (Å²) in [5.41, 5.74) is 3.66. The molecule has 0 unspecified atom stereocenters. The van der Waals surface area contributed by atoms with Gasteiger partial charge in [0.05, 0.1) is 5.69 Å². The summed E-state index contributed by atoms with van der Waals surface area (Å²) in [5, 5.41) is 10.2. The van der Waals surface area contributed by atoms with Crippen molar-refractivity contribution >= 4 is 22.4 Å². The first-order chi connectivity index (χ1) is 12.5. The topological polar surface area (TPSA) is 69.5 Å². The largest absolute Gasteiger partial charge is 0.484 e. The van der Waals surface area contributed by atoms with Crippen molar-refractivity contribution in [3.63, 3.8) is 0 Å². The first-order valence-electron chi connectivity index (χ1n) is 8.58. The zero-order valence-electron chi connectivity index (χ0n) is 15.3. The maximum absolute atomic E-state index is 12.4. The quantitative estimate of drug-likeness (QED) is 0.828. The number of nitrogens with zero attached hydrogens (tertiary/aromatic N) is 4. The van der Waals surface area contributed by atoms with E-state index in [1.54, 1.807) is 0 Å². The summed E-state index contributed by atoms with van der Waals surface area (Å²) in [6.45, 7) is 8.56. The highest BCUT2D eigenvalue weighted by Crippen LogP contribution is 2.28. The van der Waals surface area contributed by atoms with E-state index >= 15 is 0 Å². The summed E-state index contributed by atoms with van der Waals surface area (Å²) < 4.78 is 9.95. The van der Waals surface area contributed by atoms with Gasteiger partial charge in [-0.05, 0) is 55.6 Å². The van der Waals surface area contributed by atoms with E-state index in [1.165, 1.54) is 11.5 Å². The van der Waals surface area contributed by atoms with Crippen molar-refractivity contribution in [3.8, 4) is 11.8 Å². The highest BCUT2D eigenvalue weighted by atomic mass is 32.1. The van der Waals surface area contributed by atoms with Crippen molar-refractivity contribution in [2.45, 2.75) is 20.8 Å². The number of ether oxygens (including phenoxy) is 1. The number of aromatic nitrogens is 1. The Morgan fingerprint density at radius 1 is 1.19 bits per heavy atom. The fourth-order valence-electron chi connectivity index (χ4n) is 3.11. The molecule has 7 heteroatoms. The van der Waals surface area contributed by atoms with Crippen LogP contribution in [0.25, 0.3) is 0 Å². The van der Waals surface area contributed by atoms with E-state index in [0.717, 1.165) is 27.6 Å². The van der Waals surface area contributed by atoms with Crippen molar-refractivity contribution in [2.24, 2.45) is 0 Å². The molecule has 2 aromatic rings. The molecular formula is C19H22N4O2S. The third-order valence-corrected chi connectivity index (χ3v) is 5.43. The molecule has 6 nitrogen and oxygen atoms in total. The molecule has 1 aliphatic heterocycles. The minimum absolute atomic E-state index is 0.00944. The molecule has 0 saturated carbocycles. The van der Waals surface area contributed by atoms with Crippen molar-refractivity contribution in [1.82, 2.24) is 9.27 Å². The molecule has 0 radical (unpaired) electrons. The Labute approximate surface area is 157 Å². The van der Waals surface area contributed by atoms with Crippen LogP contribution in [0.15, 0.2) is 18.2 Å². The smallest absolute Gasteiger partial charge is 0.260 e. The Hall–Kier alpha value is -2.59. The molecule has 2 heterocycles. The summed E-state index contributed by atoms with van der Waals surface area (Å²) in [6, 6.07) is 8.18. The van der Waals surface area contributed by atoms with Gasteiger partial charge in [0.25, 0.3) is 5.91 Å². The Bertz CT molecular complexity index is 827. The van der Waals surface area contributed by atoms with Gasteiger partial charge < -0.3 is 14.5 Å². The monoisotopic (exact) mass is 370 g/mol. The molecule has 1 fully saturated rings. The van der Waals surface area contributed by atoms with Gasteiger partial charge in [-0.25, -0.2) is 0 Å². The molecule has 3 rings (SSSR count). The van der Waals surface area contributed by atoms with Gasteiger partial charge in [0.1, 0.15) is 22.4 Å². The first-order valence-corrected chi connectivity index (χ1v) is 9.35. The number of carbonyl (C=O) groups excluding carboxylic acids is 1. The van der Waals surface area contributed by atoms with Crippen molar-refractivity contribution < 1.29 is 9.53 Å². The number of amides is 1. The van der Waals surface area contributed by atoms with E-state index in [-0.39, 0.29) is 12.5 Å². The van der Waals surface area contributed by atoms with Crippen LogP contribution in [-0.2, 0) is 4.79 Å². The number of rotatable bonds is 4. The van der Waals surface area contributed by atoms with Crippen molar-refractivity contribution in [2.75, 3.05) is 37.7 Å². The summed E-state index contributed by atoms with van der Waals surface area (Å²) in [5.74, 6) is 0.720. The molecule has 26 heavy (non-hydrogen) atoms. The summed E-state index contributed by atoms with van der Waals surface area (Å²) in [7, 11) is 0. The molecule has 0 atom stereocenters. The number of hydrogen-bond donors (Lipinski definition) is 0. The first kappa shape index (κ1) is 18.2. The van der Waals surface area contributed by atoms with Crippen LogP contribution in [-0.4, -0.2) is 48.0 Å². The van der Waals surface area contributed by atoms with Crippen LogP contribution >= 0.6 is 11.5 Å². The maximum atomic E-state index is 12.4. The number of aryl methyl sites for hydroxylation is 3. The third kappa shape index (κ3) is 3.97. The van der Waals surface area contributed by atoms with E-state index in [0.29, 0.717) is 31.7 Å². The van der Waals surface area contributed by atoms with Crippen molar-refractivity contribution in [1.29, 1.82) is 5.26 Å². The Morgan fingerprint density at radius 2 is 1.85 bits per heavy atom. The lowest BCUT2D eigenvalue weighted by Gasteiger charge is -2.35. The average molecular weight is 370 g/mol. The summed E-state index contributed by atoms with van der Waals surface area (Å²) >= 11 is 1.35. The second kappa shape index (κ2) is 7.75. The van der Waals surface area contributed by atoms with E-state index in [9.17, 15) is 10.1 Å². The highest BCUT2D eigenvalue weighted by Gasteiger charge is 2.25. The Morgan fingerprint density at radius 3 is 2.46 bits per heavy atom. The predicted octanol–water partition coefficient (Wildman–Crippen LogP) is 2.67. The van der Waals surface area contributed by atoms with Crippen LogP contribution in [0.4, 0.5) is 5.00 Å². The lowest BCUT2D eigenvalue weighted by molar-refractivity contribution is -0.133. The van der Waals surface area contributed by atoms with Crippen LogP contribution in [0.1, 0.15) is 22.4 Å². The van der Waals surface area contributed by atoms with Crippen molar-refractivity contribution in [3.05, 3.63) is 40.6 Å². The molecule has 0 bridgehead atoms. The molecule has 0 aliphatic carbocycles. The fraction of sp³-hybridized carbons (Fsp3) is 0.421. The molecule has 1 aliphatic rings. The number of nitriles is 1. The number of carbonyl (C=O) groups is 1. The van der Waals surface area contributed by atoms with E-state index in [2.05, 4.69) is 21.4 Å². The maximum Gasteiger partial charge on any atom is 0.260 e. The molecule has 1 amide bonds. The van der Waals surface area contributed by atoms with Crippen LogP contribution in [0.3, 0.4) is 0 Å². The predicted molar refractivity (Wildman–Crippen MR) is 102 cm³/mol. The number of hydrogen-bond acceptors (Lipinski definition) is 6. The second-order valence-corrected chi connectivity index (χ2v) is 7.29. The van der Waals surface area contributed by atoms with E-state index in [1.807, 2.05) is 37.8 Å². The zero-order valence-corrected chi connectivity index (χ0v) is 16.1. The van der Waals surface area contributed by atoms with Gasteiger partial charge in [-0.1, -0.05) is 6.07 Å².